The molecule has 6 heteroatoms. The molecule has 1 aromatic heterocycles. The Kier molecular flexibility index (Phi) is 6.98. The van der Waals surface area contributed by atoms with Crippen molar-refractivity contribution in [3.05, 3.63) is 51.9 Å². The molecule has 0 unspecified atom stereocenters. The second-order valence-corrected chi connectivity index (χ2v) is 7.68. The summed E-state index contributed by atoms with van der Waals surface area (Å²) in [5, 5.41) is 0. The lowest BCUT2D eigenvalue weighted by molar-refractivity contribution is 0.0786. The minimum absolute atomic E-state index is 0.0909. The van der Waals surface area contributed by atoms with Crippen LogP contribution in [0.1, 0.15) is 48.0 Å². The van der Waals surface area contributed by atoms with Gasteiger partial charge in [0.15, 0.2) is 0 Å². The number of aromatic amines is 1. The highest BCUT2D eigenvalue weighted by molar-refractivity contribution is 5.93. The maximum absolute atomic E-state index is 12.6. The van der Waals surface area contributed by atoms with Crippen LogP contribution in [0.15, 0.2) is 35.3 Å². The molecule has 2 heterocycles. The fourth-order valence-corrected chi connectivity index (χ4v) is 3.60. The highest BCUT2D eigenvalue weighted by Gasteiger charge is 2.17. The third kappa shape index (κ3) is 5.29. The topological polar surface area (TPSA) is 69.3 Å². The molecular formula is C22H30N4O2. The number of aryl methyl sites for hydroxylation is 1. The van der Waals surface area contributed by atoms with Crippen molar-refractivity contribution >= 4 is 5.91 Å². The summed E-state index contributed by atoms with van der Waals surface area (Å²) < 4.78 is 0. The fourth-order valence-electron chi connectivity index (χ4n) is 3.60. The van der Waals surface area contributed by atoms with Gasteiger partial charge >= 0.3 is 0 Å². The lowest BCUT2D eigenvalue weighted by Gasteiger charge is -2.22. The summed E-state index contributed by atoms with van der Waals surface area (Å²) in [4.78, 5) is 36.2. The number of hydrogen-bond acceptors (Lipinski definition) is 4. The quantitative estimate of drug-likeness (QED) is 0.834. The Bertz CT molecular complexity index is 836. The van der Waals surface area contributed by atoms with E-state index in [9.17, 15) is 9.59 Å². The molecule has 150 valence electrons. The summed E-state index contributed by atoms with van der Waals surface area (Å²) in [5.41, 5.74) is 1.66. The highest BCUT2D eigenvalue weighted by Crippen LogP contribution is 2.14. The Morgan fingerprint density at radius 2 is 1.82 bits per heavy atom. The molecule has 28 heavy (non-hydrogen) atoms. The van der Waals surface area contributed by atoms with Crippen molar-refractivity contribution in [3.8, 4) is 11.4 Å². The largest absolute Gasteiger partial charge is 0.341 e. The van der Waals surface area contributed by atoms with E-state index < -0.39 is 5.56 Å². The zero-order valence-electron chi connectivity index (χ0n) is 16.9. The van der Waals surface area contributed by atoms with Crippen molar-refractivity contribution in [2.24, 2.45) is 0 Å². The predicted molar refractivity (Wildman–Crippen MR) is 112 cm³/mol. The first kappa shape index (κ1) is 20.3. The van der Waals surface area contributed by atoms with E-state index in [1.807, 2.05) is 31.2 Å². The normalized spacial score (nSPS) is 15.2. The maximum atomic E-state index is 12.6. The number of H-pyrrole nitrogens is 1. The van der Waals surface area contributed by atoms with Crippen LogP contribution in [0.4, 0.5) is 0 Å². The van der Waals surface area contributed by atoms with Gasteiger partial charge in [0.05, 0.1) is 0 Å². The maximum Gasteiger partial charge on any atom is 0.264 e. The zero-order valence-corrected chi connectivity index (χ0v) is 16.9. The Labute approximate surface area is 166 Å². The average molecular weight is 383 g/mol. The lowest BCUT2D eigenvalue weighted by Crippen LogP contribution is -2.35. The number of likely N-dealkylation sites (tertiary alicyclic amines) is 1. The van der Waals surface area contributed by atoms with Gasteiger partial charge in [-0.3, -0.25) is 9.59 Å². The number of carbonyl (C=O) groups excluding carboxylic acids is 1. The molecule has 2 aromatic rings. The van der Waals surface area contributed by atoms with Crippen LogP contribution in [0.3, 0.4) is 0 Å². The predicted octanol–water partition coefficient (Wildman–Crippen LogP) is 3.08. The van der Waals surface area contributed by atoms with Gasteiger partial charge in [0.25, 0.3) is 11.5 Å². The molecule has 0 spiro atoms. The van der Waals surface area contributed by atoms with E-state index in [0.29, 0.717) is 12.4 Å². The second kappa shape index (κ2) is 9.64. The zero-order chi connectivity index (χ0) is 19.9. The molecule has 1 aromatic carbocycles. The molecule has 0 bridgehead atoms. The summed E-state index contributed by atoms with van der Waals surface area (Å²) in [5.74, 6) is 0.199. The third-order valence-electron chi connectivity index (χ3n) is 5.37. The van der Waals surface area contributed by atoms with Gasteiger partial charge in [0.1, 0.15) is 11.4 Å². The van der Waals surface area contributed by atoms with Crippen LogP contribution in [-0.4, -0.2) is 58.9 Å². The average Bonchev–Trinajstić information content (AvgIpc) is 2.97. The Hall–Kier alpha value is -2.47. The number of rotatable bonds is 6. The van der Waals surface area contributed by atoms with E-state index in [0.717, 1.165) is 37.2 Å². The summed E-state index contributed by atoms with van der Waals surface area (Å²) in [6.07, 6.45) is 7.48. The summed E-state index contributed by atoms with van der Waals surface area (Å²) >= 11 is 0. The standard InChI is InChI=1S/C22H30N4O2/c1-17-8-10-18(11-9-17)20-23-16-19(21(27)24-20)22(28)25(2)12-7-15-26-13-5-3-4-6-14-26/h8-11,16H,3-7,12-15H2,1-2H3,(H,23,24,27). The first-order chi connectivity index (χ1) is 13.5. The van der Waals surface area contributed by atoms with E-state index >= 15 is 0 Å². The van der Waals surface area contributed by atoms with Crippen molar-refractivity contribution in [2.75, 3.05) is 33.2 Å². The van der Waals surface area contributed by atoms with Crippen molar-refractivity contribution < 1.29 is 4.79 Å². The van der Waals surface area contributed by atoms with E-state index in [4.69, 9.17) is 0 Å². The number of carbonyl (C=O) groups is 1. The molecule has 3 rings (SSSR count). The number of nitrogens with one attached hydrogen (secondary N) is 1. The van der Waals surface area contributed by atoms with Gasteiger partial charge in [0, 0.05) is 25.4 Å². The Morgan fingerprint density at radius 3 is 2.46 bits per heavy atom. The van der Waals surface area contributed by atoms with Crippen LogP contribution >= 0.6 is 0 Å². The van der Waals surface area contributed by atoms with E-state index in [1.54, 1.807) is 11.9 Å². The number of amides is 1. The molecule has 1 N–H and O–H groups in total. The molecule has 1 aliphatic rings. The molecule has 1 amide bonds. The number of aromatic nitrogens is 2. The van der Waals surface area contributed by atoms with Gasteiger partial charge in [-0.05, 0) is 45.8 Å². The van der Waals surface area contributed by atoms with Crippen molar-refractivity contribution in [1.29, 1.82) is 0 Å². The van der Waals surface area contributed by atoms with Crippen LogP contribution < -0.4 is 5.56 Å². The molecule has 1 saturated heterocycles. The first-order valence-corrected chi connectivity index (χ1v) is 10.2. The van der Waals surface area contributed by atoms with Gasteiger partial charge in [0.2, 0.25) is 0 Å². The Morgan fingerprint density at radius 1 is 1.14 bits per heavy atom. The summed E-state index contributed by atoms with van der Waals surface area (Å²) in [6, 6.07) is 7.74. The van der Waals surface area contributed by atoms with Crippen molar-refractivity contribution in [3.63, 3.8) is 0 Å². The molecule has 0 aliphatic carbocycles. The Balaban J connectivity index is 1.58. The van der Waals surface area contributed by atoms with Crippen LogP contribution in [0.5, 0.6) is 0 Å². The second-order valence-electron chi connectivity index (χ2n) is 7.68. The monoisotopic (exact) mass is 382 g/mol. The van der Waals surface area contributed by atoms with Gasteiger partial charge in [-0.15, -0.1) is 0 Å². The molecule has 6 nitrogen and oxygen atoms in total. The smallest absolute Gasteiger partial charge is 0.264 e. The van der Waals surface area contributed by atoms with Crippen LogP contribution in [0, 0.1) is 6.92 Å². The summed E-state index contributed by atoms with van der Waals surface area (Å²) in [6.45, 7) is 5.95. The lowest BCUT2D eigenvalue weighted by atomic mass is 10.1. The minimum atomic E-state index is -0.394. The van der Waals surface area contributed by atoms with E-state index in [2.05, 4.69) is 14.9 Å². The van der Waals surface area contributed by atoms with Gasteiger partial charge in [-0.25, -0.2) is 4.98 Å². The summed E-state index contributed by atoms with van der Waals surface area (Å²) in [7, 11) is 1.75. The molecule has 1 aliphatic heterocycles. The number of benzene rings is 1. The highest BCUT2D eigenvalue weighted by atomic mass is 16.2. The molecule has 0 radical (unpaired) electrons. The van der Waals surface area contributed by atoms with Crippen LogP contribution in [0.2, 0.25) is 0 Å². The molecular weight excluding hydrogens is 352 g/mol. The van der Waals surface area contributed by atoms with Gasteiger partial charge in [-0.1, -0.05) is 42.7 Å². The third-order valence-corrected chi connectivity index (χ3v) is 5.37. The minimum Gasteiger partial charge on any atom is -0.341 e. The van der Waals surface area contributed by atoms with Crippen LogP contribution in [0.25, 0.3) is 11.4 Å². The number of hydrogen-bond donors (Lipinski definition) is 1. The molecule has 1 fully saturated rings. The van der Waals surface area contributed by atoms with Gasteiger partial charge < -0.3 is 14.8 Å². The van der Waals surface area contributed by atoms with Crippen molar-refractivity contribution in [2.45, 2.75) is 39.0 Å². The fraction of sp³-hybridized carbons (Fsp3) is 0.500. The van der Waals surface area contributed by atoms with E-state index in [-0.39, 0.29) is 11.5 Å². The molecule has 0 atom stereocenters. The van der Waals surface area contributed by atoms with E-state index in [1.165, 1.54) is 31.9 Å². The van der Waals surface area contributed by atoms with Crippen molar-refractivity contribution in [1.82, 2.24) is 19.8 Å². The SMILES string of the molecule is Cc1ccc(-c2ncc(C(=O)N(C)CCCN3CCCCCC3)c(=O)[nH]2)cc1. The molecule has 0 saturated carbocycles. The first-order valence-electron chi connectivity index (χ1n) is 10.2. The van der Waals surface area contributed by atoms with Gasteiger partial charge in [-0.2, -0.15) is 0 Å². The number of nitrogens with zero attached hydrogens (tertiary/aromatic N) is 3. The van der Waals surface area contributed by atoms with Crippen LogP contribution in [-0.2, 0) is 0 Å².